The molecule has 0 radical (unpaired) electrons. The number of piperidine rings is 1. The summed E-state index contributed by atoms with van der Waals surface area (Å²) < 4.78 is 5.83. The molecule has 7 nitrogen and oxygen atoms in total. The Morgan fingerprint density at radius 2 is 1.95 bits per heavy atom. The number of carbonyl (C=O) groups is 2. The number of fused-ring (bicyclic) bond motifs is 1. The van der Waals surface area contributed by atoms with Crippen LogP contribution in [0.3, 0.4) is 0 Å². The zero-order valence-corrected chi connectivity index (χ0v) is 23.9. The van der Waals surface area contributed by atoms with Crippen molar-refractivity contribution in [1.82, 2.24) is 15.1 Å². The van der Waals surface area contributed by atoms with Gasteiger partial charge in [0.2, 0.25) is 0 Å². The van der Waals surface area contributed by atoms with Crippen molar-refractivity contribution in [3.63, 3.8) is 0 Å². The molecule has 2 bridgehead atoms. The number of nitrogens with one attached hydrogen (secondary N) is 1. The Morgan fingerprint density at radius 3 is 2.68 bits per heavy atom. The van der Waals surface area contributed by atoms with Gasteiger partial charge in [-0.1, -0.05) is 43.4 Å². The molecule has 37 heavy (non-hydrogen) atoms. The van der Waals surface area contributed by atoms with Gasteiger partial charge in [0.1, 0.15) is 12.3 Å². The second-order valence-corrected chi connectivity index (χ2v) is 19.5. The minimum atomic E-state index is -1.26. The number of urea groups is 1. The number of benzene rings is 1. The fourth-order valence-electron chi connectivity index (χ4n) is 7.73. The molecule has 8 heteroatoms. The molecule has 4 fully saturated rings. The number of rotatable bonds is 7. The summed E-state index contributed by atoms with van der Waals surface area (Å²) in [7, 11) is -1.26. The largest absolute Gasteiger partial charge is 0.387 e. The number of amides is 3. The molecule has 2 aliphatic heterocycles. The fraction of sp³-hybridized carbons (Fsp3) is 0.724. The third kappa shape index (κ3) is 4.10. The normalized spacial score (nSPS) is 35.5. The van der Waals surface area contributed by atoms with Gasteiger partial charge in [-0.15, -0.1) is 0 Å². The zero-order chi connectivity index (χ0) is 26.2. The van der Waals surface area contributed by atoms with E-state index in [0.717, 1.165) is 37.9 Å². The molecule has 2 heterocycles. The van der Waals surface area contributed by atoms with Crippen molar-refractivity contribution < 1.29 is 19.4 Å². The maximum Gasteiger partial charge on any atom is 0.326 e. The summed E-state index contributed by atoms with van der Waals surface area (Å²) in [6.45, 7) is 11.5. The quantitative estimate of drug-likeness (QED) is 0.322. The number of aliphatic hydroxyl groups is 1. The summed E-state index contributed by atoms with van der Waals surface area (Å²) in [5.41, 5.74) is 1.23. The number of ether oxygens (including phenoxy) is 1. The van der Waals surface area contributed by atoms with Gasteiger partial charge in [0, 0.05) is 32.7 Å². The number of imide groups is 1. The number of aryl methyl sites for hydroxylation is 1. The van der Waals surface area contributed by atoms with Crippen LogP contribution >= 0.6 is 0 Å². The number of carbonyl (C=O) groups excluding carboxylic acids is 2. The summed E-state index contributed by atoms with van der Waals surface area (Å²) in [5, 5.41) is 15.7. The van der Waals surface area contributed by atoms with Crippen molar-refractivity contribution in [2.24, 2.45) is 5.92 Å². The molecule has 2 saturated heterocycles. The highest BCUT2D eigenvalue weighted by Crippen LogP contribution is 2.61. The van der Waals surface area contributed by atoms with Crippen molar-refractivity contribution in [3.05, 3.63) is 34.9 Å². The molecule has 0 aromatic heterocycles. The standard InChI is InChI=1S/C29H43N3O4Si/c1-20-5-8-22-16-24-29(35)10-9-28(25(33)32(26(34)30-28)19-36-13-14-37(2,3)4)18-27(29,23(22)15-20)11-12-31(24)17-21-6-7-21/h5,8,15,21,24,35H,6-7,9-14,16-19H2,1-4H3,(H,30,34)/t24-,27-,28+,29-/m1/s1. The molecule has 5 aliphatic rings. The Morgan fingerprint density at radius 1 is 1.16 bits per heavy atom. The summed E-state index contributed by atoms with van der Waals surface area (Å²) in [5.74, 6) is 0.578. The molecule has 2 N–H and O–H groups in total. The van der Waals surface area contributed by atoms with Gasteiger partial charge in [-0.05, 0) is 81.5 Å². The van der Waals surface area contributed by atoms with Crippen LogP contribution in [0, 0.1) is 12.8 Å². The molecular weight excluding hydrogens is 482 g/mol. The van der Waals surface area contributed by atoms with Gasteiger partial charge >= 0.3 is 6.03 Å². The van der Waals surface area contributed by atoms with Gasteiger partial charge in [0.05, 0.1) is 5.60 Å². The monoisotopic (exact) mass is 525 g/mol. The molecule has 6 rings (SSSR count). The maximum atomic E-state index is 13.9. The Bertz CT molecular complexity index is 1120. The second kappa shape index (κ2) is 8.63. The Labute approximate surface area is 221 Å². The summed E-state index contributed by atoms with van der Waals surface area (Å²) in [6.07, 6.45) is 5.69. The molecule has 4 atom stereocenters. The van der Waals surface area contributed by atoms with Crippen LogP contribution in [0.15, 0.2) is 18.2 Å². The third-order valence-electron chi connectivity index (χ3n) is 10.0. The third-order valence-corrected chi connectivity index (χ3v) is 11.7. The Hall–Kier alpha value is -1.74. The number of hydrogen-bond acceptors (Lipinski definition) is 5. The average molecular weight is 526 g/mol. The first kappa shape index (κ1) is 25.5. The van der Waals surface area contributed by atoms with Crippen LogP contribution in [0.1, 0.15) is 55.2 Å². The zero-order valence-electron chi connectivity index (χ0n) is 22.9. The van der Waals surface area contributed by atoms with Crippen molar-refractivity contribution in [1.29, 1.82) is 0 Å². The number of likely N-dealkylation sites (tertiary alicyclic amines) is 1. The Balaban J connectivity index is 1.31. The summed E-state index contributed by atoms with van der Waals surface area (Å²) in [6, 6.07) is 7.33. The van der Waals surface area contributed by atoms with E-state index >= 15 is 0 Å². The number of nitrogens with zero attached hydrogens (tertiary/aromatic N) is 2. The Kier molecular flexibility index (Phi) is 5.96. The lowest BCUT2D eigenvalue weighted by molar-refractivity contribution is -0.182. The first-order chi connectivity index (χ1) is 17.5. The van der Waals surface area contributed by atoms with E-state index in [4.69, 9.17) is 4.74 Å². The van der Waals surface area contributed by atoms with Crippen LogP contribution in [0.25, 0.3) is 0 Å². The van der Waals surface area contributed by atoms with Gasteiger partial charge < -0.3 is 15.2 Å². The van der Waals surface area contributed by atoms with Crippen LogP contribution in [0.2, 0.25) is 25.7 Å². The molecule has 1 aromatic carbocycles. The molecule has 1 spiro atoms. The number of hydrogen-bond donors (Lipinski definition) is 2. The van der Waals surface area contributed by atoms with Gasteiger partial charge in [0.25, 0.3) is 5.91 Å². The van der Waals surface area contributed by atoms with E-state index in [9.17, 15) is 14.7 Å². The molecule has 2 saturated carbocycles. The van der Waals surface area contributed by atoms with Gasteiger partial charge in [-0.3, -0.25) is 9.69 Å². The van der Waals surface area contributed by atoms with Crippen LogP contribution in [0.5, 0.6) is 0 Å². The van der Waals surface area contributed by atoms with Gasteiger partial charge in [0.15, 0.2) is 0 Å². The highest BCUT2D eigenvalue weighted by Gasteiger charge is 2.70. The van der Waals surface area contributed by atoms with E-state index in [2.05, 4.69) is 55.0 Å². The van der Waals surface area contributed by atoms with Crippen molar-refractivity contribution >= 4 is 20.0 Å². The van der Waals surface area contributed by atoms with Crippen molar-refractivity contribution in [2.75, 3.05) is 26.4 Å². The predicted molar refractivity (Wildman–Crippen MR) is 145 cm³/mol. The van der Waals surface area contributed by atoms with Crippen molar-refractivity contribution in [3.8, 4) is 0 Å². The fourth-order valence-corrected chi connectivity index (χ4v) is 8.49. The lowest BCUT2D eigenvalue weighted by Crippen LogP contribution is -2.76. The van der Waals surface area contributed by atoms with Gasteiger partial charge in [-0.2, -0.15) is 0 Å². The van der Waals surface area contributed by atoms with E-state index in [-0.39, 0.29) is 24.7 Å². The topological polar surface area (TPSA) is 82.1 Å². The maximum absolute atomic E-state index is 13.9. The molecule has 3 aliphatic carbocycles. The molecule has 202 valence electrons. The van der Waals surface area contributed by atoms with Crippen LogP contribution < -0.4 is 5.32 Å². The lowest BCUT2D eigenvalue weighted by Gasteiger charge is -2.66. The molecule has 0 unspecified atom stereocenters. The second-order valence-electron chi connectivity index (χ2n) is 13.8. The average Bonchev–Trinajstić information content (AvgIpc) is 3.61. The van der Waals surface area contributed by atoms with E-state index in [0.29, 0.717) is 25.9 Å². The molecule has 3 amide bonds. The van der Waals surface area contributed by atoms with E-state index in [1.807, 2.05) is 0 Å². The van der Waals surface area contributed by atoms with Crippen LogP contribution in [-0.2, 0) is 21.4 Å². The van der Waals surface area contributed by atoms with Crippen LogP contribution in [0.4, 0.5) is 4.79 Å². The smallest absolute Gasteiger partial charge is 0.326 e. The molecule has 1 aromatic rings. The van der Waals surface area contributed by atoms with E-state index < -0.39 is 24.6 Å². The SMILES string of the molecule is Cc1ccc2c(c1)[C@]13CCN(CC4CC4)[C@H](C2)[C@]1(O)CC[C@@]1(C3)NC(=O)N(COCC[Si](C)(C)C)C1=O. The first-order valence-electron chi connectivity index (χ1n) is 14.2. The highest BCUT2D eigenvalue weighted by atomic mass is 28.3. The van der Waals surface area contributed by atoms with E-state index in [1.54, 1.807) is 0 Å². The minimum Gasteiger partial charge on any atom is -0.387 e. The summed E-state index contributed by atoms with van der Waals surface area (Å²) >= 11 is 0. The van der Waals surface area contributed by atoms with Crippen molar-refractivity contribution in [2.45, 2.75) is 100 Å². The molecular formula is C29H43N3O4Si. The van der Waals surface area contributed by atoms with Gasteiger partial charge in [-0.25, -0.2) is 9.69 Å². The predicted octanol–water partition coefficient (Wildman–Crippen LogP) is 3.79. The minimum absolute atomic E-state index is 0.00164. The lowest BCUT2D eigenvalue weighted by atomic mass is 9.46. The first-order valence-corrected chi connectivity index (χ1v) is 18.0. The highest BCUT2D eigenvalue weighted by molar-refractivity contribution is 6.76. The van der Waals surface area contributed by atoms with Crippen LogP contribution in [-0.4, -0.2) is 78.5 Å². The van der Waals surface area contributed by atoms with E-state index in [1.165, 1.54) is 34.4 Å². The summed E-state index contributed by atoms with van der Waals surface area (Å²) in [4.78, 5) is 30.8.